The van der Waals surface area contributed by atoms with E-state index in [4.69, 9.17) is 0 Å². The molecule has 0 radical (unpaired) electrons. The second-order valence-electron chi connectivity index (χ2n) is 7.08. The standard InChI is InChI=1S/C11H23NOS.C7H13NOS/c1-6-14-11(13)12(7-9(2)3)8-10(4)5;9-7(10)8-5-3-1-2-4-6-8/h9-10H,6-8H2,1-5H3;1-6H2,(H,9,10). The molecular formula is C18H36N2O2S2. The molecule has 0 N–H and O–H groups in total. The number of carbonyl (C=O) groups excluding carboxylic acids is 2. The fraction of sp³-hybridized carbons (Fsp3) is 0.889. The molecule has 4 nitrogen and oxygen atoms in total. The van der Waals surface area contributed by atoms with Crippen LogP contribution < -0.4 is 0 Å². The van der Waals surface area contributed by atoms with Gasteiger partial charge < -0.3 is 9.80 Å². The van der Waals surface area contributed by atoms with Crippen molar-refractivity contribution in [3.8, 4) is 0 Å². The molecule has 142 valence electrons. The molecule has 1 fully saturated rings. The molecule has 1 aliphatic rings. The summed E-state index contributed by atoms with van der Waals surface area (Å²) < 4.78 is 0. The van der Waals surface area contributed by atoms with Gasteiger partial charge in [-0.25, -0.2) is 0 Å². The Labute approximate surface area is 158 Å². The summed E-state index contributed by atoms with van der Waals surface area (Å²) in [4.78, 5) is 26.2. The number of rotatable bonds is 5. The van der Waals surface area contributed by atoms with Gasteiger partial charge in [-0.2, -0.15) is 0 Å². The number of carbonyl (C=O) groups is 2. The molecule has 0 bridgehead atoms. The minimum Gasteiger partial charge on any atom is -0.334 e. The maximum absolute atomic E-state index is 11.7. The number of likely N-dealkylation sites (tertiary alicyclic amines) is 1. The van der Waals surface area contributed by atoms with E-state index in [9.17, 15) is 9.59 Å². The van der Waals surface area contributed by atoms with Gasteiger partial charge in [0, 0.05) is 26.2 Å². The van der Waals surface area contributed by atoms with Crippen molar-refractivity contribution in [1.82, 2.24) is 9.80 Å². The molecule has 1 aliphatic heterocycles. The number of nitrogens with zero attached hydrogens (tertiary/aromatic N) is 2. The normalized spacial score (nSPS) is 14.9. The summed E-state index contributed by atoms with van der Waals surface area (Å²) >= 11 is 5.19. The van der Waals surface area contributed by atoms with Gasteiger partial charge in [-0.05, 0) is 30.4 Å². The number of thioether (sulfide) groups is 1. The van der Waals surface area contributed by atoms with Gasteiger partial charge in [-0.1, -0.05) is 71.9 Å². The largest absolute Gasteiger partial charge is 0.334 e. The van der Waals surface area contributed by atoms with E-state index in [2.05, 4.69) is 40.3 Å². The molecule has 1 heterocycles. The zero-order chi connectivity index (χ0) is 18.5. The summed E-state index contributed by atoms with van der Waals surface area (Å²) in [5.74, 6) is 1.97. The van der Waals surface area contributed by atoms with Crippen molar-refractivity contribution < 1.29 is 9.59 Å². The van der Waals surface area contributed by atoms with Crippen molar-refractivity contribution in [3.63, 3.8) is 0 Å². The second-order valence-corrected chi connectivity index (χ2v) is 8.67. The van der Waals surface area contributed by atoms with Crippen molar-refractivity contribution in [3.05, 3.63) is 0 Å². The molecular weight excluding hydrogens is 340 g/mol. The van der Waals surface area contributed by atoms with Gasteiger partial charge in [0.15, 0.2) is 0 Å². The van der Waals surface area contributed by atoms with Gasteiger partial charge >= 0.3 is 0 Å². The molecule has 0 aromatic carbocycles. The van der Waals surface area contributed by atoms with E-state index in [1.807, 2.05) is 16.7 Å². The van der Waals surface area contributed by atoms with Crippen molar-refractivity contribution in [2.75, 3.05) is 31.9 Å². The van der Waals surface area contributed by atoms with Crippen molar-refractivity contribution >= 4 is 34.9 Å². The summed E-state index contributed by atoms with van der Waals surface area (Å²) in [6.45, 7) is 14.2. The summed E-state index contributed by atoms with van der Waals surface area (Å²) in [7, 11) is 0. The van der Waals surface area contributed by atoms with Crippen LogP contribution in [-0.2, 0) is 0 Å². The topological polar surface area (TPSA) is 40.6 Å². The Morgan fingerprint density at radius 1 is 1.00 bits per heavy atom. The summed E-state index contributed by atoms with van der Waals surface area (Å²) in [6.07, 6.45) is 4.81. The van der Waals surface area contributed by atoms with Crippen LogP contribution in [0, 0.1) is 11.8 Å². The highest BCUT2D eigenvalue weighted by Gasteiger charge is 2.15. The van der Waals surface area contributed by atoms with E-state index in [0.717, 1.165) is 44.8 Å². The van der Waals surface area contributed by atoms with E-state index < -0.39 is 0 Å². The van der Waals surface area contributed by atoms with Gasteiger partial charge in [0.1, 0.15) is 0 Å². The van der Waals surface area contributed by atoms with E-state index >= 15 is 0 Å². The van der Waals surface area contributed by atoms with E-state index in [-0.39, 0.29) is 10.5 Å². The maximum Gasteiger partial charge on any atom is 0.281 e. The third-order valence-corrected chi connectivity index (χ3v) is 4.65. The van der Waals surface area contributed by atoms with Gasteiger partial charge in [0.25, 0.3) is 10.5 Å². The lowest BCUT2D eigenvalue weighted by molar-refractivity contribution is 0.208. The van der Waals surface area contributed by atoms with Crippen LogP contribution in [0.5, 0.6) is 0 Å². The van der Waals surface area contributed by atoms with Crippen LogP contribution in [0.4, 0.5) is 9.59 Å². The molecule has 0 atom stereocenters. The molecule has 2 amide bonds. The van der Waals surface area contributed by atoms with Crippen molar-refractivity contribution in [2.24, 2.45) is 11.8 Å². The highest BCUT2D eigenvalue weighted by molar-refractivity contribution is 8.13. The zero-order valence-corrected chi connectivity index (χ0v) is 17.8. The molecule has 0 spiro atoms. The fourth-order valence-corrected chi connectivity index (χ4v) is 3.36. The van der Waals surface area contributed by atoms with Crippen LogP contribution >= 0.6 is 24.4 Å². The number of thiol groups is 1. The Balaban J connectivity index is 0.000000463. The molecule has 1 rings (SSSR count). The Kier molecular flexibility index (Phi) is 13.7. The number of amides is 2. The first kappa shape index (κ1) is 23.6. The van der Waals surface area contributed by atoms with E-state index in [0.29, 0.717) is 11.8 Å². The predicted octanol–water partition coefficient (Wildman–Crippen LogP) is 5.39. The molecule has 0 unspecified atom stereocenters. The molecule has 1 saturated heterocycles. The molecule has 6 heteroatoms. The van der Waals surface area contributed by atoms with E-state index in [1.54, 1.807) is 0 Å². The van der Waals surface area contributed by atoms with Crippen LogP contribution in [0.1, 0.15) is 60.3 Å². The smallest absolute Gasteiger partial charge is 0.281 e. The molecule has 24 heavy (non-hydrogen) atoms. The third-order valence-electron chi connectivity index (χ3n) is 3.57. The molecule has 0 aliphatic carbocycles. The first-order valence-electron chi connectivity index (χ1n) is 9.17. The monoisotopic (exact) mass is 376 g/mol. The zero-order valence-electron chi connectivity index (χ0n) is 16.1. The molecule has 0 aromatic rings. The fourth-order valence-electron chi connectivity index (χ4n) is 2.58. The molecule has 0 saturated carbocycles. The Morgan fingerprint density at radius 3 is 1.79 bits per heavy atom. The lowest BCUT2D eigenvalue weighted by Crippen LogP contribution is -2.34. The summed E-state index contributed by atoms with van der Waals surface area (Å²) in [5, 5.41) is 0.164. The van der Waals surface area contributed by atoms with Gasteiger partial charge in [0.2, 0.25) is 0 Å². The average molecular weight is 377 g/mol. The van der Waals surface area contributed by atoms with E-state index in [1.165, 1.54) is 24.6 Å². The number of hydrogen-bond acceptors (Lipinski definition) is 3. The van der Waals surface area contributed by atoms with Gasteiger partial charge in [-0.15, -0.1) is 0 Å². The van der Waals surface area contributed by atoms with Crippen molar-refractivity contribution in [1.29, 1.82) is 0 Å². The lowest BCUT2D eigenvalue weighted by Gasteiger charge is -2.25. The van der Waals surface area contributed by atoms with Gasteiger partial charge in [-0.3, -0.25) is 9.59 Å². The predicted molar refractivity (Wildman–Crippen MR) is 109 cm³/mol. The van der Waals surface area contributed by atoms with Crippen LogP contribution in [0.15, 0.2) is 0 Å². The van der Waals surface area contributed by atoms with Crippen molar-refractivity contribution in [2.45, 2.75) is 60.3 Å². The average Bonchev–Trinajstić information content (AvgIpc) is 2.75. The van der Waals surface area contributed by atoms with Crippen LogP contribution in [0.3, 0.4) is 0 Å². The SMILES string of the molecule is CCSC(=O)N(CC(C)C)CC(C)C.O=C(S)N1CCCCCC1. The Hall–Kier alpha value is -0.360. The highest BCUT2D eigenvalue weighted by atomic mass is 32.2. The lowest BCUT2D eigenvalue weighted by atomic mass is 10.1. The first-order chi connectivity index (χ1) is 11.3. The minimum atomic E-state index is -0.0677. The highest BCUT2D eigenvalue weighted by Crippen LogP contribution is 2.13. The van der Waals surface area contributed by atoms with Crippen LogP contribution in [0.2, 0.25) is 0 Å². The first-order valence-corrected chi connectivity index (χ1v) is 10.6. The number of hydrogen-bond donors (Lipinski definition) is 1. The second kappa shape index (κ2) is 13.9. The quantitative estimate of drug-likeness (QED) is 0.654. The molecule has 0 aromatic heterocycles. The summed E-state index contributed by atoms with van der Waals surface area (Å²) in [5.41, 5.74) is 0. The summed E-state index contributed by atoms with van der Waals surface area (Å²) in [6, 6.07) is 0. The Bertz CT molecular complexity index is 345. The maximum atomic E-state index is 11.7. The van der Waals surface area contributed by atoms with Crippen LogP contribution in [-0.4, -0.2) is 52.2 Å². The third kappa shape index (κ3) is 12.1. The van der Waals surface area contributed by atoms with Gasteiger partial charge in [0.05, 0.1) is 0 Å². The Morgan fingerprint density at radius 2 is 1.46 bits per heavy atom. The minimum absolute atomic E-state index is 0.0677. The van der Waals surface area contributed by atoms with Crippen LogP contribution in [0.25, 0.3) is 0 Å².